The molecule has 1 unspecified atom stereocenters. The number of amides is 1. The highest BCUT2D eigenvalue weighted by atomic mass is 19.1. The fourth-order valence-electron chi connectivity index (χ4n) is 3.74. The van der Waals surface area contributed by atoms with Gasteiger partial charge in [-0.2, -0.15) is 0 Å². The highest BCUT2D eigenvalue weighted by Gasteiger charge is 2.55. The zero-order valence-corrected chi connectivity index (χ0v) is 11.4. The number of halogens is 1. The van der Waals surface area contributed by atoms with Gasteiger partial charge in [-0.15, -0.1) is 0 Å². The Morgan fingerprint density at radius 1 is 1.25 bits per heavy atom. The second-order valence-electron chi connectivity index (χ2n) is 6.33. The fourth-order valence-corrected chi connectivity index (χ4v) is 3.74. The van der Waals surface area contributed by atoms with Crippen molar-refractivity contribution in [3.8, 4) is 0 Å². The van der Waals surface area contributed by atoms with Gasteiger partial charge in [-0.25, -0.2) is 4.39 Å². The van der Waals surface area contributed by atoms with Crippen LogP contribution in [0, 0.1) is 5.82 Å². The second kappa shape index (κ2) is 4.29. The van der Waals surface area contributed by atoms with E-state index in [0.29, 0.717) is 6.04 Å². The molecule has 106 valence electrons. The zero-order chi connectivity index (χ0) is 13.7. The second-order valence-corrected chi connectivity index (χ2v) is 6.33. The zero-order valence-electron chi connectivity index (χ0n) is 11.4. The van der Waals surface area contributed by atoms with Crippen molar-refractivity contribution in [3.05, 3.63) is 35.6 Å². The highest BCUT2D eigenvalue weighted by molar-refractivity contribution is 5.90. The van der Waals surface area contributed by atoms with Gasteiger partial charge in [-0.3, -0.25) is 10.1 Å². The number of carbonyl (C=O) groups is 1. The van der Waals surface area contributed by atoms with Crippen LogP contribution < -0.4 is 5.32 Å². The molecule has 1 saturated heterocycles. The van der Waals surface area contributed by atoms with Gasteiger partial charge in [-0.1, -0.05) is 25.0 Å². The Bertz CT molecular complexity index is 549. The molecule has 1 aromatic rings. The summed E-state index contributed by atoms with van der Waals surface area (Å²) in [7, 11) is 0. The van der Waals surface area contributed by atoms with Crippen LogP contribution in [0.5, 0.6) is 0 Å². The van der Waals surface area contributed by atoms with Gasteiger partial charge in [0.05, 0.1) is 5.54 Å². The number of benzene rings is 1. The molecule has 3 nitrogen and oxygen atoms in total. The molecule has 1 heterocycles. The number of hydrogen-bond acceptors (Lipinski definition) is 2. The van der Waals surface area contributed by atoms with Crippen LogP contribution in [0.4, 0.5) is 4.39 Å². The largest absolute Gasteiger partial charge is 0.318 e. The SMILES string of the molecule is O=C1N(C2CC2)C(c2cccc(F)c2)NC12CCCC2. The van der Waals surface area contributed by atoms with E-state index in [1.807, 2.05) is 11.0 Å². The predicted molar refractivity (Wildman–Crippen MR) is 73.3 cm³/mol. The van der Waals surface area contributed by atoms with Gasteiger partial charge in [0.25, 0.3) is 0 Å². The molecule has 1 aromatic carbocycles. The van der Waals surface area contributed by atoms with Gasteiger partial charge in [0.15, 0.2) is 0 Å². The predicted octanol–water partition coefficient (Wildman–Crippen LogP) is 2.73. The standard InChI is InChI=1S/C16H19FN2O/c17-12-5-3-4-11(10-12)14-18-16(8-1-2-9-16)15(20)19(14)13-6-7-13/h3-5,10,13-14,18H,1-2,6-9H2. The van der Waals surface area contributed by atoms with Crippen LogP contribution in [0.25, 0.3) is 0 Å². The first kappa shape index (κ1) is 12.3. The van der Waals surface area contributed by atoms with Crippen molar-refractivity contribution in [2.45, 2.75) is 56.3 Å². The Balaban J connectivity index is 1.72. The smallest absolute Gasteiger partial charge is 0.244 e. The third-order valence-electron chi connectivity index (χ3n) is 4.90. The molecule has 2 saturated carbocycles. The summed E-state index contributed by atoms with van der Waals surface area (Å²) < 4.78 is 13.5. The molecule has 3 aliphatic rings. The lowest BCUT2D eigenvalue weighted by Crippen LogP contribution is -2.44. The number of nitrogens with one attached hydrogen (secondary N) is 1. The van der Waals surface area contributed by atoms with E-state index in [0.717, 1.165) is 44.1 Å². The summed E-state index contributed by atoms with van der Waals surface area (Å²) >= 11 is 0. The minimum absolute atomic E-state index is 0.149. The number of carbonyl (C=O) groups excluding carboxylic acids is 1. The van der Waals surface area contributed by atoms with Crippen LogP contribution in [0.15, 0.2) is 24.3 Å². The van der Waals surface area contributed by atoms with E-state index in [1.165, 1.54) is 6.07 Å². The molecule has 1 atom stereocenters. The maximum atomic E-state index is 13.5. The van der Waals surface area contributed by atoms with Gasteiger partial charge in [0.2, 0.25) is 5.91 Å². The molecule has 1 aliphatic heterocycles. The van der Waals surface area contributed by atoms with E-state index in [2.05, 4.69) is 5.32 Å². The molecule has 4 rings (SSSR count). The third-order valence-corrected chi connectivity index (χ3v) is 4.90. The third kappa shape index (κ3) is 1.78. The Kier molecular flexibility index (Phi) is 2.64. The van der Waals surface area contributed by atoms with Crippen LogP contribution in [0.2, 0.25) is 0 Å². The van der Waals surface area contributed by atoms with E-state index in [9.17, 15) is 9.18 Å². The molecule has 4 heteroatoms. The average Bonchev–Trinajstić information content (AvgIpc) is 3.09. The van der Waals surface area contributed by atoms with Gasteiger partial charge in [0, 0.05) is 6.04 Å². The molecular formula is C16H19FN2O. The molecule has 0 aromatic heterocycles. The van der Waals surface area contributed by atoms with Crippen LogP contribution in [-0.4, -0.2) is 22.4 Å². The summed E-state index contributed by atoms with van der Waals surface area (Å²) in [5.41, 5.74) is 0.494. The van der Waals surface area contributed by atoms with Crippen molar-refractivity contribution < 1.29 is 9.18 Å². The van der Waals surface area contributed by atoms with E-state index in [4.69, 9.17) is 0 Å². The number of rotatable bonds is 2. The lowest BCUT2D eigenvalue weighted by molar-refractivity contribution is -0.133. The molecule has 1 spiro atoms. The molecule has 0 bridgehead atoms. The van der Waals surface area contributed by atoms with Crippen molar-refractivity contribution in [1.82, 2.24) is 10.2 Å². The quantitative estimate of drug-likeness (QED) is 0.899. The lowest BCUT2D eigenvalue weighted by Gasteiger charge is -2.24. The summed E-state index contributed by atoms with van der Waals surface area (Å²) in [5, 5.41) is 3.54. The van der Waals surface area contributed by atoms with E-state index >= 15 is 0 Å². The van der Waals surface area contributed by atoms with Crippen LogP contribution in [0.3, 0.4) is 0 Å². The maximum absolute atomic E-state index is 13.5. The van der Waals surface area contributed by atoms with Crippen molar-refractivity contribution >= 4 is 5.91 Å². The molecule has 1 amide bonds. The fraction of sp³-hybridized carbons (Fsp3) is 0.562. The van der Waals surface area contributed by atoms with Gasteiger partial charge in [-0.05, 0) is 43.4 Å². The maximum Gasteiger partial charge on any atom is 0.244 e. The minimum Gasteiger partial charge on any atom is -0.318 e. The minimum atomic E-state index is -0.375. The molecule has 1 N–H and O–H groups in total. The highest BCUT2D eigenvalue weighted by Crippen LogP contribution is 2.45. The Morgan fingerprint density at radius 2 is 2.00 bits per heavy atom. The van der Waals surface area contributed by atoms with E-state index in [-0.39, 0.29) is 23.4 Å². The Morgan fingerprint density at radius 3 is 2.65 bits per heavy atom. The van der Waals surface area contributed by atoms with Crippen LogP contribution >= 0.6 is 0 Å². The molecule has 20 heavy (non-hydrogen) atoms. The summed E-state index contributed by atoms with van der Waals surface area (Å²) in [6.07, 6.45) is 6.05. The van der Waals surface area contributed by atoms with Gasteiger partial charge >= 0.3 is 0 Å². The summed E-state index contributed by atoms with van der Waals surface area (Å²) in [4.78, 5) is 14.8. The molecular weight excluding hydrogens is 255 g/mol. The van der Waals surface area contributed by atoms with Gasteiger partial charge in [0.1, 0.15) is 12.0 Å². The molecule has 2 aliphatic carbocycles. The van der Waals surface area contributed by atoms with Gasteiger partial charge < -0.3 is 4.90 Å². The average molecular weight is 274 g/mol. The first-order valence-electron chi connectivity index (χ1n) is 7.56. The monoisotopic (exact) mass is 274 g/mol. The van der Waals surface area contributed by atoms with Crippen LogP contribution in [-0.2, 0) is 4.79 Å². The summed E-state index contributed by atoms with van der Waals surface area (Å²) in [5.74, 6) is 0.00614. The van der Waals surface area contributed by atoms with Crippen LogP contribution in [0.1, 0.15) is 50.3 Å². The number of hydrogen-bond donors (Lipinski definition) is 1. The topological polar surface area (TPSA) is 32.3 Å². The molecule has 0 radical (unpaired) electrons. The first-order chi connectivity index (χ1) is 9.70. The van der Waals surface area contributed by atoms with Crippen molar-refractivity contribution in [2.24, 2.45) is 0 Å². The lowest BCUT2D eigenvalue weighted by atomic mass is 9.98. The Hall–Kier alpha value is -1.42. The normalized spacial score (nSPS) is 28.6. The van der Waals surface area contributed by atoms with Crippen molar-refractivity contribution in [1.29, 1.82) is 0 Å². The number of nitrogens with zero attached hydrogens (tertiary/aromatic N) is 1. The van der Waals surface area contributed by atoms with Crippen molar-refractivity contribution in [2.75, 3.05) is 0 Å². The summed E-state index contributed by atoms with van der Waals surface area (Å²) in [6, 6.07) is 6.99. The Labute approximate surface area is 118 Å². The van der Waals surface area contributed by atoms with Crippen molar-refractivity contribution in [3.63, 3.8) is 0 Å². The summed E-state index contributed by atoms with van der Waals surface area (Å²) in [6.45, 7) is 0. The van der Waals surface area contributed by atoms with E-state index < -0.39 is 0 Å². The molecule has 3 fully saturated rings. The van der Waals surface area contributed by atoms with E-state index in [1.54, 1.807) is 12.1 Å². The first-order valence-corrected chi connectivity index (χ1v) is 7.56.